The number of hydrogen-bond donors (Lipinski definition) is 2. The van der Waals surface area contributed by atoms with E-state index in [9.17, 15) is 5.11 Å². The van der Waals surface area contributed by atoms with E-state index in [-0.39, 0.29) is 0 Å². The molecule has 0 radical (unpaired) electrons. The molecule has 2 heterocycles. The highest BCUT2D eigenvalue weighted by Crippen LogP contribution is 2.27. The van der Waals surface area contributed by atoms with Crippen LogP contribution in [0.1, 0.15) is 11.3 Å². The zero-order valence-corrected chi connectivity index (χ0v) is 9.90. The summed E-state index contributed by atoms with van der Waals surface area (Å²) in [4.78, 5) is 0. The maximum absolute atomic E-state index is 9.32. The summed E-state index contributed by atoms with van der Waals surface area (Å²) in [7, 11) is 2.11. The molecule has 88 valence electrons. The smallest absolute Gasteiger partial charge is 0.115 e. The molecule has 0 unspecified atom stereocenters. The molecule has 0 fully saturated rings. The van der Waals surface area contributed by atoms with Gasteiger partial charge in [0.1, 0.15) is 5.75 Å². The average Bonchev–Trinajstić information content (AvgIpc) is 2.69. The van der Waals surface area contributed by atoms with Crippen molar-refractivity contribution in [2.75, 3.05) is 6.54 Å². The number of nitrogens with zero attached hydrogens (tertiary/aromatic N) is 1. The number of aromatic nitrogens is 1. The maximum atomic E-state index is 9.32. The van der Waals surface area contributed by atoms with Crippen LogP contribution in [0.15, 0.2) is 30.3 Å². The van der Waals surface area contributed by atoms with Crippen molar-refractivity contribution in [3.05, 3.63) is 41.6 Å². The molecule has 0 spiro atoms. The Labute approximate surface area is 101 Å². The molecule has 0 atom stereocenters. The van der Waals surface area contributed by atoms with Gasteiger partial charge in [0, 0.05) is 25.0 Å². The van der Waals surface area contributed by atoms with Crippen LogP contribution in [-0.4, -0.2) is 16.2 Å². The first-order valence-corrected chi connectivity index (χ1v) is 5.93. The molecule has 3 heteroatoms. The van der Waals surface area contributed by atoms with Crippen LogP contribution in [0.4, 0.5) is 0 Å². The van der Waals surface area contributed by atoms with Gasteiger partial charge in [-0.15, -0.1) is 0 Å². The Morgan fingerprint density at radius 3 is 2.71 bits per heavy atom. The van der Waals surface area contributed by atoms with Crippen LogP contribution in [0, 0.1) is 0 Å². The van der Waals surface area contributed by atoms with E-state index in [2.05, 4.69) is 23.0 Å². The average molecular weight is 228 g/mol. The molecule has 1 aromatic carbocycles. The van der Waals surface area contributed by atoms with Crippen LogP contribution in [0.3, 0.4) is 0 Å². The van der Waals surface area contributed by atoms with Crippen LogP contribution in [-0.2, 0) is 20.0 Å². The molecule has 2 N–H and O–H groups in total. The lowest BCUT2D eigenvalue weighted by molar-refractivity contribution is 0.475. The van der Waals surface area contributed by atoms with E-state index >= 15 is 0 Å². The first-order valence-electron chi connectivity index (χ1n) is 5.93. The minimum Gasteiger partial charge on any atom is -0.508 e. The molecule has 0 bridgehead atoms. The fraction of sp³-hybridized carbons (Fsp3) is 0.286. The summed E-state index contributed by atoms with van der Waals surface area (Å²) in [5, 5.41) is 12.7. The van der Waals surface area contributed by atoms with Crippen molar-refractivity contribution in [2.45, 2.75) is 13.0 Å². The maximum Gasteiger partial charge on any atom is 0.115 e. The summed E-state index contributed by atoms with van der Waals surface area (Å²) in [6, 6.07) is 9.66. The topological polar surface area (TPSA) is 37.2 Å². The van der Waals surface area contributed by atoms with Gasteiger partial charge in [0.25, 0.3) is 0 Å². The molecule has 17 heavy (non-hydrogen) atoms. The Kier molecular flexibility index (Phi) is 2.41. The number of phenolic OH excluding ortho intramolecular Hbond substituents is 1. The molecule has 0 amide bonds. The lowest BCUT2D eigenvalue weighted by atomic mass is 10.1. The number of rotatable bonds is 1. The molecule has 1 aliphatic heterocycles. The quantitative estimate of drug-likeness (QED) is 0.783. The molecule has 0 saturated heterocycles. The standard InChI is InChI=1S/C14H16N2O/c1-16-13(10-2-4-12(17)5-3-10)8-11-6-7-15-9-14(11)16/h2-5,8,15,17H,6-7,9H2,1H3. The Balaban J connectivity index is 2.09. The van der Waals surface area contributed by atoms with Crippen molar-refractivity contribution in [3.8, 4) is 17.0 Å². The number of nitrogens with one attached hydrogen (secondary N) is 1. The van der Waals surface area contributed by atoms with Gasteiger partial charge in [-0.05, 0) is 54.4 Å². The minimum absolute atomic E-state index is 0.314. The van der Waals surface area contributed by atoms with Crippen LogP contribution >= 0.6 is 0 Å². The molecule has 3 nitrogen and oxygen atoms in total. The lowest BCUT2D eigenvalue weighted by Gasteiger charge is -2.15. The molecule has 1 aromatic heterocycles. The Morgan fingerprint density at radius 2 is 2.00 bits per heavy atom. The van der Waals surface area contributed by atoms with Gasteiger partial charge >= 0.3 is 0 Å². The van der Waals surface area contributed by atoms with E-state index in [0.29, 0.717) is 5.75 Å². The molecular weight excluding hydrogens is 212 g/mol. The summed E-state index contributed by atoms with van der Waals surface area (Å²) in [6.07, 6.45) is 1.10. The van der Waals surface area contributed by atoms with Crippen molar-refractivity contribution >= 4 is 0 Å². The lowest BCUT2D eigenvalue weighted by Crippen LogP contribution is -2.24. The summed E-state index contributed by atoms with van der Waals surface area (Å²) >= 11 is 0. The molecule has 3 rings (SSSR count). The molecular formula is C14H16N2O. The van der Waals surface area contributed by atoms with E-state index in [1.54, 1.807) is 12.1 Å². The van der Waals surface area contributed by atoms with Crippen molar-refractivity contribution in [2.24, 2.45) is 7.05 Å². The molecule has 1 aliphatic rings. The van der Waals surface area contributed by atoms with Crippen LogP contribution in [0.2, 0.25) is 0 Å². The second kappa shape index (κ2) is 3.93. The van der Waals surface area contributed by atoms with E-state index < -0.39 is 0 Å². The summed E-state index contributed by atoms with van der Waals surface area (Å²) in [5.41, 5.74) is 5.19. The zero-order valence-electron chi connectivity index (χ0n) is 9.90. The van der Waals surface area contributed by atoms with E-state index in [0.717, 1.165) is 25.1 Å². The van der Waals surface area contributed by atoms with E-state index in [1.807, 2.05) is 12.1 Å². The van der Waals surface area contributed by atoms with Gasteiger partial charge in [0.05, 0.1) is 0 Å². The van der Waals surface area contributed by atoms with Gasteiger partial charge < -0.3 is 15.0 Å². The zero-order chi connectivity index (χ0) is 11.8. The highest BCUT2D eigenvalue weighted by molar-refractivity contribution is 5.63. The molecule has 0 aliphatic carbocycles. The summed E-state index contributed by atoms with van der Waals surface area (Å²) in [6.45, 7) is 2.01. The first kappa shape index (κ1) is 10.4. The monoisotopic (exact) mass is 228 g/mol. The van der Waals surface area contributed by atoms with Crippen molar-refractivity contribution in [1.29, 1.82) is 0 Å². The van der Waals surface area contributed by atoms with Gasteiger partial charge in [-0.25, -0.2) is 0 Å². The number of fused-ring (bicyclic) bond motifs is 1. The van der Waals surface area contributed by atoms with Crippen LogP contribution in [0.5, 0.6) is 5.75 Å². The predicted molar refractivity (Wildman–Crippen MR) is 67.9 cm³/mol. The second-order valence-electron chi connectivity index (χ2n) is 4.53. The molecule has 0 saturated carbocycles. The van der Waals surface area contributed by atoms with Crippen molar-refractivity contribution in [3.63, 3.8) is 0 Å². The summed E-state index contributed by atoms with van der Waals surface area (Å²) < 4.78 is 2.24. The van der Waals surface area contributed by atoms with E-state index in [1.165, 1.54) is 17.0 Å². The van der Waals surface area contributed by atoms with Crippen LogP contribution < -0.4 is 5.32 Å². The van der Waals surface area contributed by atoms with Crippen LogP contribution in [0.25, 0.3) is 11.3 Å². The van der Waals surface area contributed by atoms with Crippen molar-refractivity contribution < 1.29 is 5.11 Å². The Morgan fingerprint density at radius 1 is 1.24 bits per heavy atom. The third-order valence-electron chi connectivity index (χ3n) is 3.47. The highest BCUT2D eigenvalue weighted by atomic mass is 16.3. The van der Waals surface area contributed by atoms with Gasteiger partial charge in [0.15, 0.2) is 0 Å². The highest BCUT2D eigenvalue weighted by Gasteiger charge is 2.16. The largest absolute Gasteiger partial charge is 0.508 e. The molecule has 2 aromatic rings. The number of hydrogen-bond acceptors (Lipinski definition) is 2. The fourth-order valence-corrected chi connectivity index (χ4v) is 2.49. The van der Waals surface area contributed by atoms with E-state index in [4.69, 9.17) is 0 Å². The van der Waals surface area contributed by atoms with Gasteiger partial charge in [-0.1, -0.05) is 0 Å². The second-order valence-corrected chi connectivity index (χ2v) is 4.53. The third kappa shape index (κ3) is 1.72. The first-order chi connectivity index (χ1) is 8.25. The SMILES string of the molecule is Cn1c(-c2ccc(O)cc2)cc2c1CNCC2. The van der Waals surface area contributed by atoms with Gasteiger partial charge in [-0.2, -0.15) is 0 Å². The predicted octanol–water partition coefficient (Wildman–Crippen LogP) is 2.04. The summed E-state index contributed by atoms with van der Waals surface area (Å²) in [5.74, 6) is 0.314. The third-order valence-corrected chi connectivity index (χ3v) is 3.47. The van der Waals surface area contributed by atoms with Gasteiger partial charge in [0.2, 0.25) is 0 Å². The number of phenols is 1. The van der Waals surface area contributed by atoms with Gasteiger partial charge in [-0.3, -0.25) is 0 Å². The normalized spacial score (nSPS) is 14.6. The number of benzene rings is 1. The van der Waals surface area contributed by atoms with Crippen molar-refractivity contribution in [1.82, 2.24) is 9.88 Å². The number of aromatic hydroxyl groups is 1. The minimum atomic E-state index is 0.314. The fourth-order valence-electron chi connectivity index (χ4n) is 2.49. The Bertz CT molecular complexity index is 540. The Hall–Kier alpha value is -1.74.